The van der Waals surface area contributed by atoms with E-state index < -0.39 is 11.6 Å². The molecule has 0 unspecified atom stereocenters. The molecule has 92 valence electrons. The van der Waals surface area contributed by atoms with E-state index in [4.69, 9.17) is 16.7 Å². The maximum Gasteiger partial charge on any atom is 0.306 e. The molecule has 0 heterocycles. The summed E-state index contributed by atoms with van der Waals surface area (Å²) < 4.78 is 0. The van der Waals surface area contributed by atoms with Crippen LogP contribution in [0.3, 0.4) is 0 Å². The average Bonchev–Trinajstić information content (AvgIpc) is 2.17. The second kappa shape index (κ2) is 5.66. The van der Waals surface area contributed by atoms with E-state index in [0.717, 1.165) is 0 Å². The minimum absolute atomic E-state index is 0.303. The van der Waals surface area contributed by atoms with Gasteiger partial charge >= 0.3 is 5.97 Å². The van der Waals surface area contributed by atoms with Gasteiger partial charge in [0.25, 0.3) is 0 Å². The number of aliphatic hydroxyl groups is 1. The van der Waals surface area contributed by atoms with E-state index in [1.807, 2.05) is 0 Å². The fourth-order valence-electron chi connectivity index (χ4n) is 2.01. The molecule has 5 heteroatoms. The Balaban J connectivity index is 2.32. The van der Waals surface area contributed by atoms with Gasteiger partial charge in [-0.25, -0.2) is 0 Å². The second-order valence-corrected chi connectivity index (χ2v) is 4.99. The number of carbonyl (C=O) groups is 1. The lowest BCUT2D eigenvalue weighted by Gasteiger charge is -2.34. The number of hydrogen-bond donors (Lipinski definition) is 3. The third kappa shape index (κ3) is 4.12. The van der Waals surface area contributed by atoms with Gasteiger partial charge in [0.15, 0.2) is 0 Å². The first-order valence-electron chi connectivity index (χ1n) is 5.42. The van der Waals surface area contributed by atoms with Gasteiger partial charge in [-0.2, -0.15) is 0 Å². The van der Waals surface area contributed by atoms with Crippen LogP contribution in [0.2, 0.25) is 0 Å². The predicted octanol–water partition coefficient (Wildman–Crippen LogP) is 1.33. The van der Waals surface area contributed by atoms with Crippen LogP contribution < -0.4 is 5.32 Å². The third-order valence-electron chi connectivity index (χ3n) is 3.04. The normalized spacial score (nSPS) is 30.0. The number of aliphatic carboxylic acids is 1. The summed E-state index contributed by atoms with van der Waals surface area (Å²) in [5, 5.41) is 22.5. The van der Waals surface area contributed by atoms with Crippen molar-refractivity contribution in [1.82, 2.24) is 5.32 Å². The minimum atomic E-state index is -0.793. The highest BCUT2D eigenvalue weighted by atomic mass is 35.5. The molecule has 0 amide bonds. The number of hydrogen-bond acceptors (Lipinski definition) is 3. The van der Waals surface area contributed by atoms with Crippen molar-refractivity contribution in [2.24, 2.45) is 5.92 Å². The van der Waals surface area contributed by atoms with Crippen molar-refractivity contribution in [1.29, 1.82) is 0 Å². The first kappa shape index (κ1) is 13.5. The van der Waals surface area contributed by atoms with E-state index in [0.29, 0.717) is 43.8 Å². The highest BCUT2D eigenvalue weighted by molar-refractivity contribution is 6.29. The summed E-state index contributed by atoms with van der Waals surface area (Å²) in [7, 11) is 0. The molecule has 0 saturated heterocycles. The number of nitrogens with one attached hydrogen (secondary N) is 1. The molecule has 0 aromatic rings. The standard InChI is InChI=1S/C11H18ClNO3/c1-8(12)6-13-7-11(16)4-2-9(3-5-11)10(14)15/h9,13,16H,1-7H2,(H,14,15). The Morgan fingerprint density at radius 2 is 2.06 bits per heavy atom. The van der Waals surface area contributed by atoms with Crippen LogP contribution in [-0.4, -0.2) is 34.9 Å². The Hall–Kier alpha value is -0.580. The van der Waals surface area contributed by atoms with E-state index in [-0.39, 0.29) is 5.92 Å². The van der Waals surface area contributed by atoms with Gasteiger partial charge in [-0.05, 0) is 25.7 Å². The van der Waals surface area contributed by atoms with Crippen molar-refractivity contribution in [3.8, 4) is 0 Å². The molecular formula is C11H18ClNO3. The minimum Gasteiger partial charge on any atom is -0.481 e. The molecule has 1 rings (SSSR count). The lowest BCUT2D eigenvalue weighted by atomic mass is 9.79. The van der Waals surface area contributed by atoms with Crippen molar-refractivity contribution >= 4 is 17.6 Å². The van der Waals surface area contributed by atoms with Crippen molar-refractivity contribution in [2.45, 2.75) is 31.3 Å². The number of carboxylic acid groups (broad SMARTS) is 1. The smallest absolute Gasteiger partial charge is 0.306 e. The van der Waals surface area contributed by atoms with Gasteiger partial charge in [-0.3, -0.25) is 4.79 Å². The molecule has 0 spiro atoms. The fourth-order valence-corrected chi connectivity index (χ4v) is 2.10. The molecule has 0 bridgehead atoms. The molecule has 1 aliphatic rings. The SMILES string of the molecule is C=C(Cl)CNCC1(O)CCC(C(=O)O)CC1. The van der Waals surface area contributed by atoms with Crippen LogP contribution in [0.15, 0.2) is 11.6 Å². The Morgan fingerprint density at radius 1 is 1.50 bits per heavy atom. The van der Waals surface area contributed by atoms with Crippen LogP contribution in [0.25, 0.3) is 0 Å². The van der Waals surface area contributed by atoms with Crippen LogP contribution in [-0.2, 0) is 4.79 Å². The van der Waals surface area contributed by atoms with Crippen LogP contribution >= 0.6 is 11.6 Å². The van der Waals surface area contributed by atoms with E-state index in [2.05, 4.69) is 11.9 Å². The fraction of sp³-hybridized carbons (Fsp3) is 0.727. The molecule has 3 N–H and O–H groups in total. The largest absolute Gasteiger partial charge is 0.481 e. The van der Waals surface area contributed by atoms with Gasteiger partial charge in [-0.1, -0.05) is 18.2 Å². The zero-order valence-electron chi connectivity index (χ0n) is 9.21. The maximum absolute atomic E-state index is 10.7. The van der Waals surface area contributed by atoms with Crippen LogP contribution in [0, 0.1) is 5.92 Å². The van der Waals surface area contributed by atoms with E-state index in [1.165, 1.54) is 0 Å². The summed E-state index contributed by atoms with van der Waals surface area (Å²) in [5.41, 5.74) is -0.793. The topological polar surface area (TPSA) is 69.6 Å². The summed E-state index contributed by atoms with van der Waals surface area (Å²) >= 11 is 5.59. The van der Waals surface area contributed by atoms with E-state index >= 15 is 0 Å². The highest BCUT2D eigenvalue weighted by Gasteiger charge is 2.35. The summed E-state index contributed by atoms with van der Waals surface area (Å²) in [5.74, 6) is -1.06. The number of halogens is 1. The van der Waals surface area contributed by atoms with Gasteiger partial charge in [0.1, 0.15) is 0 Å². The molecule has 1 fully saturated rings. The van der Waals surface area contributed by atoms with Gasteiger partial charge in [0, 0.05) is 18.1 Å². The molecule has 16 heavy (non-hydrogen) atoms. The quantitative estimate of drug-likeness (QED) is 0.686. The molecule has 4 nitrogen and oxygen atoms in total. The molecule has 1 aliphatic carbocycles. The van der Waals surface area contributed by atoms with E-state index in [9.17, 15) is 9.90 Å². The molecule has 0 aromatic heterocycles. The molecule has 0 atom stereocenters. The third-order valence-corrected chi connectivity index (χ3v) is 3.17. The summed E-state index contributed by atoms with van der Waals surface area (Å²) in [6.07, 6.45) is 2.11. The van der Waals surface area contributed by atoms with Crippen molar-refractivity contribution in [2.75, 3.05) is 13.1 Å². The van der Waals surface area contributed by atoms with Crippen LogP contribution in [0.5, 0.6) is 0 Å². The molecule has 0 radical (unpaired) electrons. The molecular weight excluding hydrogens is 230 g/mol. The van der Waals surface area contributed by atoms with Crippen molar-refractivity contribution in [3.63, 3.8) is 0 Å². The van der Waals surface area contributed by atoms with Gasteiger partial charge in [0.2, 0.25) is 0 Å². The Kier molecular flexibility index (Phi) is 4.77. The Morgan fingerprint density at radius 3 is 2.50 bits per heavy atom. The zero-order chi connectivity index (χ0) is 12.2. The first-order chi connectivity index (χ1) is 7.43. The lowest BCUT2D eigenvalue weighted by molar-refractivity contribution is -0.144. The maximum atomic E-state index is 10.7. The molecule has 0 aromatic carbocycles. The van der Waals surface area contributed by atoms with Gasteiger partial charge in [0.05, 0.1) is 11.5 Å². The van der Waals surface area contributed by atoms with E-state index in [1.54, 1.807) is 0 Å². The van der Waals surface area contributed by atoms with Gasteiger partial charge < -0.3 is 15.5 Å². The first-order valence-corrected chi connectivity index (χ1v) is 5.80. The monoisotopic (exact) mass is 247 g/mol. The van der Waals surface area contributed by atoms with Gasteiger partial charge in [-0.15, -0.1) is 0 Å². The Labute approximate surface area is 100 Å². The second-order valence-electron chi connectivity index (χ2n) is 4.46. The molecule has 1 saturated carbocycles. The highest BCUT2D eigenvalue weighted by Crippen LogP contribution is 2.31. The average molecular weight is 248 g/mol. The lowest BCUT2D eigenvalue weighted by Crippen LogP contribution is -2.44. The van der Waals surface area contributed by atoms with Crippen molar-refractivity contribution in [3.05, 3.63) is 11.6 Å². The summed E-state index contributed by atoms with van der Waals surface area (Å²) in [6, 6.07) is 0. The summed E-state index contributed by atoms with van der Waals surface area (Å²) in [6.45, 7) is 4.44. The van der Waals surface area contributed by atoms with Crippen LogP contribution in [0.4, 0.5) is 0 Å². The predicted molar refractivity (Wildman–Crippen MR) is 62.4 cm³/mol. The summed E-state index contributed by atoms with van der Waals surface area (Å²) in [4.78, 5) is 10.7. The zero-order valence-corrected chi connectivity index (χ0v) is 9.96. The van der Waals surface area contributed by atoms with Crippen molar-refractivity contribution < 1.29 is 15.0 Å². The number of rotatable bonds is 5. The molecule has 0 aliphatic heterocycles. The van der Waals surface area contributed by atoms with Crippen LogP contribution in [0.1, 0.15) is 25.7 Å². The Bertz CT molecular complexity index is 267. The number of carboxylic acids is 1.